The summed E-state index contributed by atoms with van der Waals surface area (Å²) in [6.07, 6.45) is 2.88. The molecule has 1 amide bonds. The summed E-state index contributed by atoms with van der Waals surface area (Å²) in [6, 6.07) is 0. The molecule has 1 aliphatic rings. The van der Waals surface area contributed by atoms with Crippen molar-refractivity contribution in [2.24, 2.45) is 11.3 Å². The maximum Gasteiger partial charge on any atom is 0.352 e. The van der Waals surface area contributed by atoms with E-state index in [2.05, 4.69) is 5.32 Å². The van der Waals surface area contributed by atoms with Gasteiger partial charge in [0.1, 0.15) is 5.70 Å². The number of allylic oxidation sites excluding steroid dienone is 1. The van der Waals surface area contributed by atoms with E-state index in [0.717, 1.165) is 6.42 Å². The van der Waals surface area contributed by atoms with E-state index in [4.69, 9.17) is 5.11 Å². The van der Waals surface area contributed by atoms with E-state index in [9.17, 15) is 22.6 Å². The fraction of sp³-hybridized carbons (Fsp3) is 0.692. The second-order valence-corrected chi connectivity index (χ2v) is 7.44. The first-order valence-electron chi connectivity index (χ1n) is 6.71. The highest BCUT2D eigenvalue weighted by Crippen LogP contribution is 2.51. The molecule has 2 N–H and O–H groups in total. The van der Waals surface area contributed by atoms with Crippen molar-refractivity contribution < 1.29 is 27.7 Å². The molecule has 0 aliphatic heterocycles. The molecular weight excluding hydrogens is 298 g/mol. The molecule has 0 aromatic heterocycles. The van der Waals surface area contributed by atoms with Crippen LogP contribution in [-0.4, -0.2) is 35.7 Å². The molecule has 0 bridgehead atoms. The average Bonchev–Trinajstić information content (AvgIpc) is 2.94. The van der Waals surface area contributed by atoms with Crippen molar-refractivity contribution in [1.82, 2.24) is 5.32 Å². The van der Waals surface area contributed by atoms with Crippen LogP contribution in [0.5, 0.6) is 0 Å². The normalized spacial score (nSPS) is 20.9. The smallest absolute Gasteiger partial charge is 0.352 e. The molecule has 1 saturated carbocycles. The summed E-state index contributed by atoms with van der Waals surface area (Å²) in [6.45, 7) is 3.87. The summed E-state index contributed by atoms with van der Waals surface area (Å²) >= 11 is 0. The predicted molar refractivity (Wildman–Crippen MR) is 74.2 cm³/mol. The first-order chi connectivity index (χ1) is 9.53. The van der Waals surface area contributed by atoms with Gasteiger partial charge >= 0.3 is 5.97 Å². The van der Waals surface area contributed by atoms with Crippen LogP contribution < -0.4 is 5.32 Å². The Hall–Kier alpha value is -1.41. The Balaban J connectivity index is 2.44. The van der Waals surface area contributed by atoms with Crippen LogP contribution in [0, 0.1) is 11.3 Å². The van der Waals surface area contributed by atoms with Gasteiger partial charge in [-0.1, -0.05) is 19.9 Å². The van der Waals surface area contributed by atoms with Gasteiger partial charge in [-0.3, -0.25) is 4.79 Å². The first kappa shape index (κ1) is 17.6. The lowest BCUT2D eigenvalue weighted by molar-refractivity contribution is -0.135. The van der Waals surface area contributed by atoms with Gasteiger partial charge in [0.25, 0.3) is 0 Å². The van der Waals surface area contributed by atoms with Gasteiger partial charge in [-0.25, -0.2) is 13.2 Å². The standard InChI is InChI=1S/C13H21NO6S/c1-13(2)8-9(13)11(15)14-10(12(16)17)6-4-3-5-7-21(18,19)20/h6,9H,3-5,7-8H2,1-2H3,(H,14,15)(H,16,17)(H,18,19,20)/p-1/b10-6-. The molecule has 0 spiro atoms. The minimum Gasteiger partial charge on any atom is -0.748 e. The number of carboxylic acids is 1. The van der Waals surface area contributed by atoms with Gasteiger partial charge in [-0.05, 0) is 31.1 Å². The molecule has 0 radical (unpaired) electrons. The highest BCUT2D eigenvalue weighted by molar-refractivity contribution is 7.85. The van der Waals surface area contributed by atoms with Crippen molar-refractivity contribution >= 4 is 22.0 Å². The van der Waals surface area contributed by atoms with Gasteiger partial charge in [-0.15, -0.1) is 0 Å². The summed E-state index contributed by atoms with van der Waals surface area (Å²) in [5, 5.41) is 11.4. The van der Waals surface area contributed by atoms with Crippen LogP contribution in [0.3, 0.4) is 0 Å². The van der Waals surface area contributed by atoms with Crippen molar-refractivity contribution in [3.8, 4) is 0 Å². The number of aliphatic carboxylic acids is 1. The van der Waals surface area contributed by atoms with Crippen molar-refractivity contribution in [2.75, 3.05) is 5.75 Å². The number of hydrogen-bond acceptors (Lipinski definition) is 5. The lowest BCUT2D eigenvalue weighted by Gasteiger charge is -2.08. The third-order valence-corrected chi connectivity index (χ3v) is 4.30. The number of rotatable bonds is 8. The Kier molecular flexibility index (Phi) is 5.52. The van der Waals surface area contributed by atoms with Gasteiger partial charge < -0.3 is 15.0 Å². The zero-order chi connectivity index (χ0) is 16.3. The van der Waals surface area contributed by atoms with E-state index in [0.29, 0.717) is 6.42 Å². The maximum absolute atomic E-state index is 11.8. The van der Waals surface area contributed by atoms with E-state index in [1.807, 2.05) is 13.8 Å². The quantitative estimate of drug-likeness (QED) is 0.388. The molecule has 1 rings (SSSR count). The van der Waals surface area contributed by atoms with E-state index < -0.39 is 21.8 Å². The minimum atomic E-state index is -4.23. The van der Waals surface area contributed by atoms with E-state index in [-0.39, 0.29) is 35.8 Å². The summed E-state index contributed by atoms with van der Waals surface area (Å²) < 4.78 is 31.2. The third-order valence-electron chi connectivity index (χ3n) is 3.52. The van der Waals surface area contributed by atoms with Gasteiger partial charge in [0.15, 0.2) is 0 Å². The molecule has 0 aromatic carbocycles. The SMILES string of the molecule is CC1(C)CC1C(=O)N/C(=C\CCCCS(=O)(=O)[O-])C(=O)O. The topological polar surface area (TPSA) is 124 Å². The number of carbonyl (C=O) groups is 2. The molecule has 21 heavy (non-hydrogen) atoms. The molecule has 8 heteroatoms. The van der Waals surface area contributed by atoms with Crippen molar-refractivity contribution in [2.45, 2.75) is 39.5 Å². The van der Waals surface area contributed by atoms with Crippen LogP contribution in [0.25, 0.3) is 0 Å². The zero-order valence-corrected chi connectivity index (χ0v) is 12.9. The number of carbonyl (C=O) groups excluding carboxylic acids is 1. The van der Waals surface area contributed by atoms with E-state index in [1.165, 1.54) is 6.08 Å². The summed E-state index contributed by atoms with van der Waals surface area (Å²) in [4.78, 5) is 22.9. The Labute approximate surface area is 124 Å². The number of unbranched alkanes of at least 4 members (excludes halogenated alkanes) is 2. The van der Waals surface area contributed by atoms with Gasteiger partial charge in [0.2, 0.25) is 5.91 Å². The van der Waals surface area contributed by atoms with Crippen LogP contribution in [0.2, 0.25) is 0 Å². The molecule has 1 unspecified atom stereocenters. The van der Waals surface area contributed by atoms with Crippen molar-refractivity contribution in [3.63, 3.8) is 0 Å². The molecule has 1 atom stereocenters. The molecule has 1 fully saturated rings. The number of carboxylic acid groups (broad SMARTS) is 1. The fourth-order valence-electron chi connectivity index (χ4n) is 2.00. The Morgan fingerprint density at radius 2 is 1.95 bits per heavy atom. The Bertz CT molecular complexity index is 549. The van der Waals surface area contributed by atoms with E-state index in [1.54, 1.807) is 0 Å². The molecule has 120 valence electrons. The maximum atomic E-state index is 11.8. The summed E-state index contributed by atoms with van der Waals surface area (Å²) in [5.41, 5.74) is -0.288. The average molecular weight is 318 g/mol. The molecule has 0 heterocycles. The van der Waals surface area contributed by atoms with Crippen molar-refractivity contribution in [3.05, 3.63) is 11.8 Å². The van der Waals surface area contributed by atoms with Gasteiger partial charge in [0, 0.05) is 11.7 Å². The third kappa shape index (κ3) is 6.26. The van der Waals surface area contributed by atoms with Crippen LogP contribution in [0.4, 0.5) is 0 Å². The summed E-state index contributed by atoms with van der Waals surface area (Å²) in [7, 11) is -4.23. The number of amides is 1. The van der Waals surface area contributed by atoms with Gasteiger partial charge in [-0.2, -0.15) is 0 Å². The first-order valence-corrected chi connectivity index (χ1v) is 8.28. The van der Waals surface area contributed by atoms with Crippen LogP contribution >= 0.6 is 0 Å². The predicted octanol–water partition coefficient (Wildman–Crippen LogP) is 0.833. The zero-order valence-electron chi connectivity index (χ0n) is 12.1. The minimum absolute atomic E-state index is 0.0871. The van der Waals surface area contributed by atoms with Crippen molar-refractivity contribution in [1.29, 1.82) is 0 Å². The Morgan fingerprint density at radius 3 is 2.38 bits per heavy atom. The fourth-order valence-corrected chi connectivity index (χ4v) is 2.55. The molecule has 0 saturated heterocycles. The van der Waals surface area contributed by atoms with E-state index >= 15 is 0 Å². The lowest BCUT2D eigenvalue weighted by atomic mass is 10.1. The Morgan fingerprint density at radius 1 is 1.38 bits per heavy atom. The highest BCUT2D eigenvalue weighted by atomic mass is 32.2. The largest absolute Gasteiger partial charge is 0.748 e. The molecule has 1 aliphatic carbocycles. The van der Waals surface area contributed by atoms with Gasteiger partial charge in [0.05, 0.1) is 10.1 Å². The number of nitrogens with one attached hydrogen (secondary N) is 1. The lowest BCUT2D eigenvalue weighted by Crippen LogP contribution is -2.29. The molecule has 7 nitrogen and oxygen atoms in total. The second kappa shape index (κ2) is 6.57. The molecule has 0 aromatic rings. The second-order valence-electron chi connectivity index (χ2n) is 5.92. The van der Waals surface area contributed by atoms with Crippen LogP contribution in [0.15, 0.2) is 11.8 Å². The molecular formula is C13H20NO6S-. The van der Waals surface area contributed by atoms with Crippen LogP contribution in [0.1, 0.15) is 39.5 Å². The number of hydrogen-bond donors (Lipinski definition) is 2. The summed E-state index contributed by atoms with van der Waals surface area (Å²) in [5.74, 6) is -2.19. The highest BCUT2D eigenvalue weighted by Gasteiger charge is 2.50. The van der Waals surface area contributed by atoms with Crippen LogP contribution in [-0.2, 0) is 19.7 Å². The monoisotopic (exact) mass is 318 g/mol.